The van der Waals surface area contributed by atoms with Crippen LogP contribution in [0, 0.1) is 16.2 Å². The maximum atomic E-state index is 15.8. The third-order valence-corrected chi connectivity index (χ3v) is 27.2. The number of hydrogen-bond donors (Lipinski definition) is 6. The van der Waals surface area contributed by atoms with Crippen molar-refractivity contribution >= 4 is 35.6 Å². The second-order valence-electron chi connectivity index (χ2n) is 43.8. The number of carbonyl (C=O) groups excluding carboxylic acids is 6. The lowest BCUT2D eigenvalue weighted by Crippen LogP contribution is -2.61. The number of esters is 5. The van der Waals surface area contributed by atoms with Crippen molar-refractivity contribution in [1.82, 2.24) is 30.4 Å². The van der Waals surface area contributed by atoms with Gasteiger partial charge in [-0.3, -0.25) is 28.8 Å². The smallest absolute Gasteiger partial charge is 0.323 e. The van der Waals surface area contributed by atoms with Crippen molar-refractivity contribution in [3.05, 3.63) is 34.9 Å². The first-order chi connectivity index (χ1) is 52.6. The number of ether oxygens (including phenoxy) is 6. The van der Waals surface area contributed by atoms with Crippen molar-refractivity contribution < 1.29 is 88.4 Å². The fourth-order valence-corrected chi connectivity index (χ4v) is 21.7. The highest BCUT2D eigenvalue weighted by atomic mass is 16.6. The normalized spacial score (nSPS) is 24.8. The summed E-state index contributed by atoms with van der Waals surface area (Å²) in [4.78, 5) is 94.3. The molecule has 6 aliphatic rings. The molecule has 115 heavy (non-hydrogen) atoms. The van der Waals surface area contributed by atoms with Crippen LogP contribution in [0.3, 0.4) is 0 Å². The lowest BCUT2D eigenvalue weighted by atomic mass is 9.73. The highest BCUT2D eigenvalue weighted by Crippen LogP contribution is 2.49. The summed E-state index contributed by atoms with van der Waals surface area (Å²) in [6.45, 7) is 51.4. The van der Waals surface area contributed by atoms with Crippen LogP contribution in [0.4, 0.5) is 0 Å². The lowest BCUT2D eigenvalue weighted by Gasteiger charge is -2.51. The van der Waals surface area contributed by atoms with Gasteiger partial charge in [0.1, 0.15) is 42.5 Å². The Morgan fingerprint density at radius 1 is 0.304 bits per heavy atom. The zero-order valence-electron chi connectivity index (χ0n) is 76.4. The Balaban J connectivity index is 1.33. The summed E-state index contributed by atoms with van der Waals surface area (Å²) in [6, 6.07) is 6.23. The van der Waals surface area contributed by atoms with Gasteiger partial charge in [-0.15, -0.1) is 0 Å². The predicted octanol–water partition coefficient (Wildman–Crippen LogP) is 18.0. The average Bonchev–Trinajstić information content (AvgIpc) is 0.772. The van der Waals surface area contributed by atoms with E-state index in [1.165, 1.54) is 30.4 Å². The molecule has 1 unspecified atom stereocenters. The maximum absolute atomic E-state index is 15.8. The summed E-state index contributed by atoms with van der Waals surface area (Å²) < 4.78 is 39.9. The molecule has 6 aliphatic heterocycles. The van der Waals surface area contributed by atoms with Crippen molar-refractivity contribution in [2.75, 3.05) is 6.61 Å². The van der Waals surface area contributed by atoms with Crippen LogP contribution < -0.4 is 0 Å². The van der Waals surface area contributed by atoms with Crippen molar-refractivity contribution in [3.8, 4) is 0 Å². The standard InChI is InChI=1S/C91H158N6O18/c1-28-31-42-89(72(99)111-66-51-79(8,9)93(105)80(10,11)52-66,71(98)61-110-65-49-77(4,5)92(104)78(6,7)50-65)45-36-39-64-48-62(37-34-46-90(43-32-29-2,73(100)112-67-53-81(12,13)94(106)82(14,15)54-67)74(101)113-68-55-83(16,17)95(107)84(18,19)56-68)40-41-63(64)38-35-47-91(44-33-30-3,75(102)114-69-57-85(20,21)96(108)86(22,23)58-69)76(103)115-70-59-87(24,25)97(109)88(26,27)60-70/h40-41,48,65-70,104-109H,28-39,42-47,49-61H2,1-27H3. The van der Waals surface area contributed by atoms with E-state index in [2.05, 4.69) is 12.1 Å². The molecule has 7 rings (SSSR count). The van der Waals surface area contributed by atoms with Gasteiger partial charge < -0.3 is 59.7 Å². The minimum Gasteiger partial charge on any atom is -0.461 e. The van der Waals surface area contributed by atoms with E-state index >= 15 is 28.8 Å². The quantitative estimate of drug-likeness (QED) is 0.0209. The summed E-state index contributed by atoms with van der Waals surface area (Å²) >= 11 is 0. The Bertz CT molecular complexity index is 3280. The number of rotatable bonds is 35. The number of benzene rings is 1. The Labute approximate surface area is 691 Å². The molecule has 6 saturated heterocycles. The Hall–Kier alpha value is -4.28. The number of hydrogen-bond acceptors (Lipinski definition) is 24. The number of ketones is 1. The SMILES string of the molecule is CCCCC(CCCc1cc(CCCC(CCCC)(C(=O)OC2CC(C)(C)N(O)C(C)(C)C2)C(=O)OC2CC(C)(C)N(O)C(C)(C)C2)ccc1CCCC(CCCC)(C(=O)OC1CC(C)(C)N(O)C(C)(C)C1)C(=O)OC1CC(C)(C)N(O)C(C)(C)C1)(C(=O)COC1CC(C)(C)N(O)C(C)(C)C1)C(=O)OC1CC(C)(C)N(O)C(C)(C)C1. The fourth-order valence-electron chi connectivity index (χ4n) is 21.7. The largest absolute Gasteiger partial charge is 0.461 e. The number of aryl methyl sites for hydroxylation is 3. The molecule has 0 spiro atoms. The van der Waals surface area contributed by atoms with Crippen molar-refractivity contribution in [3.63, 3.8) is 0 Å². The molecule has 0 aliphatic carbocycles. The third kappa shape index (κ3) is 22.5. The molecule has 0 bridgehead atoms. The van der Waals surface area contributed by atoms with Crippen LogP contribution in [0.2, 0.25) is 0 Å². The number of carbonyl (C=O) groups is 6. The first-order valence-corrected chi connectivity index (χ1v) is 43.9. The van der Waals surface area contributed by atoms with Gasteiger partial charge in [-0.05, 0) is 273 Å². The minimum absolute atomic E-state index is 0.0480. The summed E-state index contributed by atoms with van der Waals surface area (Å²) in [6.07, 6.45) is 6.53. The van der Waals surface area contributed by atoms with E-state index in [4.69, 9.17) is 28.4 Å². The van der Waals surface area contributed by atoms with Crippen LogP contribution in [0.5, 0.6) is 0 Å². The van der Waals surface area contributed by atoms with Crippen LogP contribution in [-0.4, -0.2) is 207 Å². The number of hydroxylamine groups is 12. The summed E-state index contributed by atoms with van der Waals surface area (Å²) in [5.41, 5.74) is -11.7. The van der Waals surface area contributed by atoms with E-state index in [1.807, 2.05) is 193 Å². The molecule has 0 aromatic heterocycles. The van der Waals surface area contributed by atoms with E-state index in [0.29, 0.717) is 154 Å². The number of Topliss-reactive ketones (excluding diaryl/α,β-unsaturated/α-hetero) is 1. The van der Waals surface area contributed by atoms with Crippen LogP contribution in [0.1, 0.15) is 377 Å². The van der Waals surface area contributed by atoms with Gasteiger partial charge >= 0.3 is 29.8 Å². The Morgan fingerprint density at radius 2 is 0.513 bits per heavy atom. The van der Waals surface area contributed by atoms with E-state index in [-0.39, 0.29) is 45.1 Å². The van der Waals surface area contributed by atoms with Gasteiger partial charge in [0, 0.05) is 131 Å². The molecule has 6 fully saturated rings. The molecule has 24 heteroatoms. The van der Waals surface area contributed by atoms with Gasteiger partial charge in [0.2, 0.25) is 0 Å². The second-order valence-corrected chi connectivity index (χ2v) is 43.8. The molecule has 6 N–H and O–H groups in total. The van der Waals surface area contributed by atoms with E-state index in [0.717, 1.165) is 16.7 Å². The van der Waals surface area contributed by atoms with Crippen LogP contribution >= 0.6 is 0 Å². The molecule has 24 nitrogen and oxygen atoms in total. The number of piperidine rings is 6. The molecular formula is C91H158N6O18. The maximum Gasteiger partial charge on any atom is 0.323 e. The molecule has 6 heterocycles. The van der Waals surface area contributed by atoms with Gasteiger partial charge in [0.05, 0.1) is 6.10 Å². The molecule has 1 aromatic carbocycles. The van der Waals surface area contributed by atoms with Gasteiger partial charge in [0.15, 0.2) is 16.6 Å². The fraction of sp³-hybridized carbons (Fsp3) is 0.868. The van der Waals surface area contributed by atoms with Crippen LogP contribution in [-0.2, 0) is 76.5 Å². The second kappa shape index (κ2) is 36.4. The Kier molecular flexibility index (Phi) is 31.0. The number of unbranched alkanes of at least 4 members (excludes halogenated alkanes) is 3. The molecule has 0 radical (unpaired) electrons. The molecule has 0 amide bonds. The molecule has 660 valence electrons. The highest BCUT2D eigenvalue weighted by molar-refractivity contribution is 6.04. The van der Waals surface area contributed by atoms with Crippen molar-refractivity contribution in [2.24, 2.45) is 16.2 Å². The van der Waals surface area contributed by atoms with E-state index in [1.54, 1.807) is 0 Å². The zero-order valence-corrected chi connectivity index (χ0v) is 76.4. The van der Waals surface area contributed by atoms with Gasteiger partial charge in [-0.2, -0.15) is 30.4 Å². The first-order valence-electron chi connectivity index (χ1n) is 43.9. The predicted molar refractivity (Wildman–Crippen MR) is 441 cm³/mol. The summed E-state index contributed by atoms with van der Waals surface area (Å²) in [7, 11) is 0. The third-order valence-electron chi connectivity index (χ3n) is 27.2. The minimum atomic E-state index is -1.77. The van der Waals surface area contributed by atoms with E-state index < -0.39 is 155 Å². The van der Waals surface area contributed by atoms with Gasteiger partial charge in [-0.1, -0.05) is 77.5 Å². The molecular weight excluding hydrogens is 1470 g/mol. The summed E-state index contributed by atoms with van der Waals surface area (Å²) in [5, 5.41) is 76.3. The van der Waals surface area contributed by atoms with Crippen LogP contribution in [0.15, 0.2) is 18.2 Å². The topological polar surface area (TPSA) is 299 Å². The van der Waals surface area contributed by atoms with Crippen LogP contribution in [0.25, 0.3) is 0 Å². The Morgan fingerprint density at radius 3 is 0.774 bits per heavy atom. The first kappa shape index (κ1) is 97.8. The zero-order chi connectivity index (χ0) is 86.9. The van der Waals surface area contributed by atoms with Crippen molar-refractivity contribution in [1.29, 1.82) is 0 Å². The average molecular weight is 1620 g/mol. The lowest BCUT2D eigenvalue weighted by molar-refractivity contribution is -0.263. The van der Waals surface area contributed by atoms with Gasteiger partial charge in [0.25, 0.3) is 0 Å². The molecule has 1 atom stereocenters. The molecule has 0 saturated carbocycles. The highest BCUT2D eigenvalue weighted by Gasteiger charge is 2.59. The molecule has 1 aromatic rings. The number of nitrogens with zero attached hydrogens (tertiary/aromatic N) is 6. The van der Waals surface area contributed by atoms with Crippen molar-refractivity contribution in [2.45, 2.75) is 483 Å². The van der Waals surface area contributed by atoms with E-state index in [9.17, 15) is 31.2 Å². The summed E-state index contributed by atoms with van der Waals surface area (Å²) in [5.74, 6) is -3.73. The van der Waals surface area contributed by atoms with Gasteiger partial charge in [-0.25, -0.2) is 0 Å². The monoisotopic (exact) mass is 1620 g/mol.